The van der Waals surface area contributed by atoms with Crippen LogP contribution in [0.5, 0.6) is 0 Å². The molecular formula is C5H7F2NS2. The number of aliphatic imine (C=N–C) groups is 1. The molecule has 0 unspecified atom stereocenters. The predicted molar refractivity (Wildman–Crippen MR) is 43.2 cm³/mol. The van der Waals surface area contributed by atoms with Gasteiger partial charge >= 0.3 is 0 Å². The Morgan fingerprint density at radius 1 is 1.70 bits per heavy atom. The molecule has 0 saturated heterocycles. The molecule has 1 nitrogen and oxygen atoms in total. The van der Waals surface area contributed by atoms with Crippen LogP contribution in [0.2, 0.25) is 0 Å². The van der Waals surface area contributed by atoms with Gasteiger partial charge in [-0.15, -0.1) is 0 Å². The number of hydrogen-bond donors (Lipinski definition) is 0. The largest absolute Gasteiger partial charge is 0.271 e. The summed E-state index contributed by atoms with van der Waals surface area (Å²) in [5, 5.41) is 0. The molecule has 0 aliphatic carbocycles. The Balaban J connectivity index is 2.13. The van der Waals surface area contributed by atoms with Gasteiger partial charge in [0.25, 0.3) is 0 Å². The zero-order valence-electron chi connectivity index (χ0n) is 5.22. The Labute approximate surface area is 66.7 Å². The van der Waals surface area contributed by atoms with Crippen LogP contribution < -0.4 is 0 Å². The van der Waals surface area contributed by atoms with E-state index in [1.807, 2.05) is 0 Å². The Morgan fingerprint density at radius 2 is 2.50 bits per heavy atom. The van der Waals surface area contributed by atoms with E-state index in [-0.39, 0.29) is 5.75 Å². The summed E-state index contributed by atoms with van der Waals surface area (Å²) < 4.78 is 24.0. The fourth-order valence-corrected chi connectivity index (χ4v) is 2.32. The van der Waals surface area contributed by atoms with Gasteiger partial charge in [-0.25, -0.2) is 8.78 Å². The zero-order chi connectivity index (χ0) is 7.40. The van der Waals surface area contributed by atoms with Crippen molar-refractivity contribution in [2.45, 2.75) is 6.43 Å². The fraction of sp³-hybridized carbons (Fsp3) is 0.800. The summed E-state index contributed by atoms with van der Waals surface area (Å²) in [7, 11) is 0. The molecule has 5 heteroatoms. The molecule has 0 atom stereocenters. The smallest absolute Gasteiger partial charge is 0.247 e. The lowest BCUT2D eigenvalue weighted by molar-refractivity contribution is 0.177. The number of thioether (sulfide) groups is 2. The second-order valence-corrected chi connectivity index (χ2v) is 4.05. The van der Waals surface area contributed by atoms with Gasteiger partial charge in [-0.3, -0.25) is 4.99 Å². The van der Waals surface area contributed by atoms with Gasteiger partial charge in [0.15, 0.2) is 0 Å². The summed E-state index contributed by atoms with van der Waals surface area (Å²) in [6, 6.07) is 0. The van der Waals surface area contributed by atoms with E-state index in [1.54, 1.807) is 11.8 Å². The molecule has 0 aromatic rings. The number of rotatable bonds is 2. The highest BCUT2D eigenvalue weighted by Crippen LogP contribution is 2.23. The third-order valence-electron chi connectivity index (χ3n) is 0.891. The van der Waals surface area contributed by atoms with Gasteiger partial charge in [0, 0.05) is 5.75 Å². The molecule has 1 aliphatic rings. The molecule has 0 amide bonds. The molecule has 0 radical (unpaired) electrons. The monoisotopic (exact) mass is 183 g/mol. The van der Waals surface area contributed by atoms with Gasteiger partial charge in [-0.1, -0.05) is 23.5 Å². The highest BCUT2D eigenvalue weighted by atomic mass is 32.2. The van der Waals surface area contributed by atoms with Crippen LogP contribution in [-0.2, 0) is 0 Å². The summed E-state index contributed by atoms with van der Waals surface area (Å²) in [4.78, 5) is 4.02. The van der Waals surface area contributed by atoms with Crippen LogP contribution in [0.4, 0.5) is 8.78 Å². The van der Waals surface area contributed by atoms with Crippen LogP contribution in [0.15, 0.2) is 4.99 Å². The Morgan fingerprint density at radius 3 is 3.00 bits per heavy atom. The standard InChI is InChI=1S/C5H7F2NS2/c6-4(7)3-10-5-8-1-2-9-5/h4H,1-3H2. The van der Waals surface area contributed by atoms with Crippen molar-refractivity contribution in [3.05, 3.63) is 0 Å². The second kappa shape index (κ2) is 4.18. The van der Waals surface area contributed by atoms with Crippen LogP contribution >= 0.6 is 23.5 Å². The van der Waals surface area contributed by atoms with Crippen molar-refractivity contribution < 1.29 is 8.78 Å². The first-order chi connectivity index (χ1) is 4.79. The highest BCUT2D eigenvalue weighted by Gasteiger charge is 2.10. The predicted octanol–water partition coefficient (Wildman–Crippen LogP) is 2.09. The molecule has 10 heavy (non-hydrogen) atoms. The van der Waals surface area contributed by atoms with Gasteiger partial charge in [-0.2, -0.15) is 0 Å². The molecule has 0 bridgehead atoms. The van der Waals surface area contributed by atoms with Gasteiger partial charge in [0.05, 0.1) is 12.3 Å². The van der Waals surface area contributed by atoms with E-state index in [0.29, 0.717) is 0 Å². The average Bonchev–Trinajstić information content (AvgIpc) is 2.34. The average molecular weight is 183 g/mol. The van der Waals surface area contributed by atoms with Crippen molar-refractivity contribution in [2.75, 3.05) is 18.1 Å². The molecule has 0 fully saturated rings. The van der Waals surface area contributed by atoms with Crippen molar-refractivity contribution in [1.82, 2.24) is 0 Å². The third kappa shape index (κ3) is 2.88. The quantitative estimate of drug-likeness (QED) is 0.650. The van der Waals surface area contributed by atoms with E-state index in [4.69, 9.17) is 0 Å². The lowest BCUT2D eigenvalue weighted by atomic mass is 10.8. The van der Waals surface area contributed by atoms with Gasteiger partial charge in [0.2, 0.25) is 6.43 Å². The highest BCUT2D eigenvalue weighted by molar-refractivity contribution is 8.39. The molecule has 1 aliphatic heterocycles. The van der Waals surface area contributed by atoms with Crippen molar-refractivity contribution in [3.63, 3.8) is 0 Å². The van der Waals surface area contributed by atoms with Gasteiger partial charge < -0.3 is 0 Å². The summed E-state index contributed by atoms with van der Waals surface area (Å²) in [6.07, 6.45) is -2.21. The first kappa shape index (κ1) is 8.33. The first-order valence-electron chi connectivity index (χ1n) is 2.87. The van der Waals surface area contributed by atoms with Gasteiger partial charge in [-0.05, 0) is 0 Å². The summed E-state index contributed by atoms with van der Waals surface area (Å²) in [5.41, 5.74) is 0. The van der Waals surface area contributed by atoms with E-state index in [0.717, 1.165) is 28.4 Å². The topological polar surface area (TPSA) is 12.4 Å². The minimum Gasteiger partial charge on any atom is -0.271 e. The molecule has 0 saturated carbocycles. The summed E-state index contributed by atoms with van der Waals surface area (Å²) >= 11 is 2.72. The maximum absolute atomic E-state index is 11.6. The number of hydrogen-bond acceptors (Lipinski definition) is 3. The lowest BCUT2D eigenvalue weighted by Crippen LogP contribution is -1.95. The van der Waals surface area contributed by atoms with E-state index < -0.39 is 6.43 Å². The minimum absolute atomic E-state index is 0.119. The van der Waals surface area contributed by atoms with Crippen LogP contribution in [0.3, 0.4) is 0 Å². The molecule has 0 aromatic carbocycles. The van der Waals surface area contributed by atoms with Crippen LogP contribution in [0, 0.1) is 0 Å². The molecule has 0 spiro atoms. The Bertz CT molecular complexity index is 138. The Hall–Kier alpha value is 0.230. The number of nitrogens with zero attached hydrogens (tertiary/aromatic N) is 1. The number of halogens is 2. The molecule has 1 heterocycles. The third-order valence-corrected chi connectivity index (χ3v) is 3.16. The van der Waals surface area contributed by atoms with Gasteiger partial charge in [0.1, 0.15) is 4.38 Å². The molecule has 1 rings (SSSR count). The summed E-state index contributed by atoms with van der Waals surface area (Å²) in [5.74, 6) is 0.831. The van der Waals surface area contributed by atoms with Crippen LogP contribution in [-0.4, -0.2) is 28.9 Å². The zero-order valence-corrected chi connectivity index (χ0v) is 6.85. The lowest BCUT2D eigenvalue weighted by Gasteiger charge is -1.96. The molecule has 0 aromatic heterocycles. The maximum Gasteiger partial charge on any atom is 0.247 e. The minimum atomic E-state index is -2.21. The molecular weight excluding hydrogens is 176 g/mol. The van der Waals surface area contributed by atoms with E-state index in [2.05, 4.69) is 4.99 Å². The van der Waals surface area contributed by atoms with Crippen molar-refractivity contribution in [3.8, 4) is 0 Å². The van der Waals surface area contributed by atoms with Crippen molar-refractivity contribution >= 4 is 27.9 Å². The molecule has 58 valence electrons. The van der Waals surface area contributed by atoms with Crippen LogP contribution in [0.1, 0.15) is 0 Å². The van der Waals surface area contributed by atoms with E-state index >= 15 is 0 Å². The first-order valence-corrected chi connectivity index (χ1v) is 4.84. The normalized spacial score (nSPS) is 18.1. The van der Waals surface area contributed by atoms with Crippen molar-refractivity contribution in [1.29, 1.82) is 0 Å². The fourth-order valence-electron chi connectivity index (χ4n) is 0.537. The van der Waals surface area contributed by atoms with Crippen LogP contribution in [0.25, 0.3) is 0 Å². The second-order valence-electron chi connectivity index (χ2n) is 1.70. The number of alkyl halides is 2. The SMILES string of the molecule is FC(F)CSC1=NCCS1. The maximum atomic E-state index is 11.6. The van der Waals surface area contributed by atoms with E-state index in [9.17, 15) is 8.78 Å². The van der Waals surface area contributed by atoms with E-state index in [1.165, 1.54) is 0 Å². The molecule has 0 N–H and O–H groups in total. The Kier molecular flexibility index (Phi) is 3.48. The summed E-state index contributed by atoms with van der Waals surface area (Å²) in [6.45, 7) is 0.788. The van der Waals surface area contributed by atoms with Crippen molar-refractivity contribution in [2.24, 2.45) is 4.99 Å².